The predicted molar refractivity (Wildman–Crippen MR) is 82.3 cm³/mol. The molecular weight excluding hydrogens is 291 g/mol. The van der Waals surface area contributed by atoms with E-state index in [0.717, 1.165) is 12.1 Å². The molecule has 2 rings (SSSR count). The van der Waals surface area contributed by atoms with E-state index in [1.165, 1.54) is 6.07 Å². The summed E-state index contributed by atoms with van der Waals surface area (Å²) >= 11 is 6.12. The number of likely N-dealkylation sites (N-methyl/N-ethyl adjacent to an activating group) is 1. The first-order valence-electron chi connectivity index (χ1n) is 6.81. The maximum absolute atomic E-state index is 14.0. The molecule has 112 valence electrons. The van der Waals surface area contributed by atoms with Crippen molar-refractivity contribution in [3.8, 4) is 5.75 Å². The van der Waals surface area contributed by atoms with E-state index >= 15 is 0 Å². The molecule has 1 unspecified atom stereocenters. The molecule has 1 aromatic heterocycles. The van der Waals surface area contributed by atoms with Crippen LogP contribution in [0.4, 0.5) is 4.39 Å². The second-order valence-corrected chi connectivity index (χ2v) is 5.04. The highest BCUT2D eigenvalue weighted by atomic mass is 35.5. The van der Waals surface area contributed by atoms with Crippen molar-refractivity contribution in [1.82, 2.24) is 10.3 Å². The topological polar surface area (TPSA) is 34.2 Å². The van der Waals surface area contributed by atoms with Gasteiger partial charge in [0.05, 0.1) is 13.3 Å². The van der Waals surface area contributed by atoms with Crippen molar-refractivity contribution in [3.63, 3.8) is 0 Å². The zero-order valence-electron chi connectivity index (χ0n) is 12.1. The average molecular weight is 309 g/mol. The predicted octanol–water partition coefficient (Wildman–Crippen LogP) is 3.78. The van der Waals surface area contributed by atoms with Crippen LogP contribution >= 0.6 is 11.6 Å². The van der Waals surface area contributed by atoms with Gasteiger partial charge in [-0.3, -0.25) is 4.98 Å². The Morgan fingerprint density at radius 2 is 2.19 bits per heavy atom. The van der Waals surface area contributed by atoms with Gasteiger partial charge in [0.15, 0.2) is 0 Å². The summed E-state index contributed by atoms with van der Waals surface area (Å²) in [5, 5.41) is 3.78. The van der Waals surface area contributed by atoms with Crippen molar-refractivity contribution in [2.24, 2.45) is 0 Å². The number of hydrogen-bond donors (Lipinski definition) is 1. The Labute approximate surface area is 129 Å². The van der Waals surface area contributed by atoms with Crippen molar-refractivity contribution in [3.05, 3.63) is 58.6 Å². The van der Waals surface area contributed by atoms with Crippen molar-refractivity contribution >= 4 is 11.6 Å². The van der Waals surface area contributed by atoms with Crippen LogP contribution in [0.2, 0.25) is 5.02 Å². The first kappa shape index (κ1) is 15.7. The Balaban J connectivity index is 2.35. The Hall–Kier alpha value is -1.65. The molecule has 1 aromatic carbocycles. The molecule has 0 aliphatic rings. The molecule has 0 saturated carbocycles. The molecule has 0 spiro atoms. The molecule has 1 heterocycles. The molecule has 0 fully saturated rings. The highest BCUT2D eigenvalue weighted by molar-refractivity contribution is 6.31. The third-order valence-electron chi connectivity index (χ3n) is 3.33. The van der Waals surface area contributed by atoms with Crippen LogP contribution in [-0.4, -0.2) is 18.6 Å². The summed E-state index contributed by atoms with van der Waals surface area (Å²) in [6, 6.07) is 6.51. The average Bonchev–Trinajstić information content (AvgIpc) is 2.50. The third-order valence-corrected chi connectivity index (χ3v) is 3.69. The van der Waals surface area contributed by atoms with Gasteiger partial charge in [0.25, 0.3) is 0 Å². The van der Waals surface area contributed by atoms with Gasteiger partial charge in [0, 0.05) is 28.4 Å². The van der Waals surface area contributed by atoms with Crippen LogP contribution in [0.1, 0.15) is 24.1 Å². The molecule has 5 heteroatoms. The van der Waals surface area contributed by atoms with Gasteiger partial charge in [-0.1, -0.05) is 24.6 Å². The fourth-order valence-corrected chi connectivity index (χ4v) is 2.56. The van der Waals surface area contributed by atoms with Crippen molar-refractivity contribution in [2.75, 3.05) is 13.7 Å². The molecule has 0 amide bonds. The molecular formula is C16H18ClFN2O. The number of ether oxygens (including phenoxy) is 1. The second-order valence-electron chi connectivity index (χ2n) is 4.63. The van der Waals surface area contributed by atoms with Gasteiger partial charge in [-0.15, -0.1) is 0 Å². The van der Waals surface area contributed by atoms with Gasteiger partial charge >= 0.3 is 0 Å². The molecule has 21 heavy (non-hydrogen) atoms. The van der Waals surface area contributed by atoms with Gasteiger partial charge in [-0.25, -0.2) is 4.39 Å². The zero-order chi connectivity index (χ0) is 15.2. The smallest absolute Gasteiger partial charge is 0.141 e. The number of benzene rings is 1. The minimum absolute atomic E-state index is 0.0950. The lowest BCUT2D eigenvalue weighted by atomic mass is 9.98. The maximum Gasteiger partial charge on any atom is 0.141 e. The standard InChI is InChI=1S/C16H18ClFN2O/c1-3-20-15(11-7-8-19-10-16(11)21-2)9-12-13(17)5-4-6-14(12)18/h4-8,10,15,20H,3,9H2,1-2H3. The SMILES string of the molecule is CCNC(Cc1c(F)cccc1Cl)c1ccncc1OC. The summed E-state index contributed by atoms with van der Waals surface area (Å²) in [6.45, 7) is 2.76. The van der Waals surface area contributed by atoms with E-state index in [-0.39, 0.29) is 11.9 Å². The highest BCUT2D eigenvalue weighted by Gasteiger charge is 2.19. The quantitative estimate of drug-likeness (QED) is 0.882. The van der Waals surface area contributed by atoms with Crippen molar-refractivity contribution in [1.29, 1.82) is 0 Å². The van der Waals surface area contributed by atoms with Crippen LogP contribution in [0.5, 0.6) is 5.75 Å². The summed E-state index contributed by atoms with van der Waals surface area (Å²) in [6.07, 6.45) is 3.80. The van der Waals surface area contributed by atoms with Crippen molar-refractivity contribution in [2.45, 2.75) is 19.4 Å². The number of aromatic nitrogens is 1. The maximum atomic E-state index is 14.0. The monoisotopic (exact) mass is 308 g/mol. The molecule has 0 bridgehead atoms. The Bertz CT molecular complexity index is 586. The molecule has 1 atom stereocenters. The number of pyridine rings is 1. The number of nitrogens with one attached hydrogen (secondary N) is 1. The van der Waals surface area contributed by atoms with E-state index in [2.05, 4.69) is 10.3 Å². The van der Waals surface area contributed by atoms with Gasteiger partial charge in [-0.05, 0) is 31.2 Å². The summed E-state index contributed by atoms with van der Waals surface area (Å²) < 4.78 is 19.3. The molecule has 0 radical (unpaired) electrons. The van der Waals surface area contributed by atoms with Gasteiger partial charge in [0.2, 0.25) is 0 Å². The molecule has 2 aromatic rings. The second kappa shape index (κ2) is 7.38. The normalized spacial score (nSPS) is 12.2. The number of hydrogen-bond acceptors (Lipinski definition) is 3. The number of nitrogens with zero attached hydrogens (tertiary/aromatic N) is 1. The van der Waals surface area contributed by atoms with Crippen LogP contribution in [0.3, 0.4) is 0 Å². The third kappa shape index (κ3) is 3.71. The Kier molecular flexibility index (Phi) is 5.53. The fourth-order valence-electron chi connectivity index (χ4n) is 2.32. The van der Waals surface area contributed by atoms with E-state index in [1.54, 1.807) is 31.6 Å². The minimum atomic E-state index is -0.293. The van der Waals surface area contributed by atoms with Crippen molar-refractivity contribution < 1.29 is 9.13 Å². The molecule has 3 nitrogen and oxygen atoms in total. The first-order valence-corrected chi connectivity index (χ1v) is 7.19. The lowest BCUT2D eigenvalue weighted by molar-refractivity contribution is 0.396. The molecule has 0 aliphatic carbocycles. The molecule has 0 aliphatic heterocycles. The Morgan fingerprint density at radius 3 is 2.86 bits per heavy atom. The lowest BCUT2D eigenvalue weighted by Gasteiger charge is -2.21. The van der Waals surface area contributed by atoms with E-state index in [1.807, 2.05) is 13.0 Å². The van der Waals surface area contributed by atoms with Crippen LogP contribution in [0.25, 0.3) is 0 Å². The van der Waals surface area contributed by atoms with Crippen LogP contribution < -0.4 is 10.1 Å². The van der Waals surface area contributed by atoms with E-state index in [0.29, 0.717) is 22.8 Å². The van der Waals surface area contributed by atoms with Crippen LogP contribution in [-0.2, 0) is 6.42 Å². The van der Waals surface area contributed by atoms with E-state index in [9.17, 15) is 4.39 Å². The minimum Gasteiger partial charge on any atom is -0.495 e. The lowest BCUT2D eigenvalue weighted by Crippen LogP contribution is -2.24. The largest absolute Gasteiger partial charge is 0.495 e. The van der Waals surface area contributed by atoms with E-state index < -0.39 is 0 Å². The fraction of sp³-hybridized carbons (Fsp3) is 0.312. The molecule has 1 N–H and O–H groups in total. The Morgan fingerprint density at radius 1 is 1.38 bits per heavy atom. The van der Waals surface area contributed by atoms with Crippen LogP contribution in [0.15, 0.2) is 36.7 Å². The summed E-state index contributed by atoms with van der Waals surface area (Å²) in [4.78, 5) is 4.05. The van der Waals surface area contributed by atoms with Gasteiger partial charge in [-0.2, -0.15) is 0 Å². The molecule has 0 saturated heterocycles. The highest BCUT2D eigenvalue weighted by Crippen LogP contribution is 2.30. The zero-order valence-corrected chi connectivity index (χ0v) is 12.8. The van der Waals surface area contributed by atoms with E-state index in [4.69, 9.17) is 16.3 Å². The number of methoxy groups -OCH3 is 1. The van der Waals surface area contributed by atoms with Gasteiger partial charge < -0.3 is 10.1 Å². The summed E-state index contributed by atoms with van der Waals surface area (Å²) in [5.74, 6) is 0.384. The van der Waals surface area contributed by atoms with Gasteiger partial charge in [0.1, 0.15) is 11.6 Å². The first-order chi connectivity index (χ1) is 10.2. The van der Waals surface area contributed by atoms with Crippen LogP contribution in [0, 0.1) is 5.82 Å². The summed E-state index contributed by atoms with van der Waals surface area (Å²) in [7, 11) is 1.60. The number of halogens is 2. The number of rotatable bonds is 6. The summed E-state index contributed by atoms with van der Waals surface area (Å²) in [5.41, 5.74) is 1.44.